The number of methoxy groups -OCH3 is 1. The molecule has 0 aromatic heterocycles. The Morgan fingerprint density at radius 3 is 2.62 bits per heavy atom. The molecule has 2 aromatic rings. The van der Waals surface area contributed by atoms with E-state index >= 15 is 0 Å². The van der Waals surface area contributed by atoms with E-state index in [1.165, 1.54) is 12.7 Å². The van der Waals surface area contributed by atoms with Gasteiger partial charge in [0.2, 0.25) is 12.0 Å². The molecule has 2 heterocycles. The summed E-state index contributed by atoms with van der Waals surface area (Å²) in [6, 6.07) is 17.7. The summed E-state index contributed by atoms with van der Waals surface area (Å²) in [5.41, 5.74) is 1.97. The maximum atomic E-state index is 13.5. The third-order valence-corrected chi connectivity index (χ3v) is 5.61. The number of benzene rings is 2. The molecule has 6 nitrogen and oxygen atoms in total. The summed E-state index contributed by atoms with van der Waals surface area (Å²) in [5, 5.41) is 0. The van der Waals surface area contributed by atoms with Gasteiger partial charge < -0.3 is 14.4 Å². The van der Waals surface area contributed by atoms with Crippen molar-refractivity contribution >= 4 is 17.6 Å². The van der Waals surface area contributed by atoms with Gasteiger partial charge in [0.15, 0.2) is 0 Å². The van der Waals surface area contributed by atoms with E-state index in [0.717, 1.165) is 38.2 Å². The molecule has 2 aromatic carbocycles. The van der Waals surface area contributed by atoms with Gasteiger partial charge in [0.05, 0.1) is 25.3 Å². The first-order valence-corrected chi connectivity index (χ1v) is 10.1. The van der Waals surface area contributed by atoms with Gasteiger partial charge in [-0.15, -0.1) is 0 Å². The van der Waals surface area contributed by atoms with Gasteiger partial charge in [0.1, 0.15) is 5.75 Å². The van der Waals surface area contributed by atoms with Crippen LogP contribution in [0.3, 0.4) is 0 Å². The van der Waals surface area contributed by atoms with Crippen LogP contribution < -0.4 is 9.64 Å². The van der Waals surface area contributed by atoms with E-state index in [4.69, 9.17) is 9.47 Å². The van der Waals surface area contributed by atoms with E-state index in [1.54, 1.807) is 11.0 Å². The molecule has 152 valence electrons. The van der Waals surface area contributed by atoms with E-state index < -0.39 is 12.1 Å². The predicted octanol–water partition coefficient (Wildman–Crippen LogP) is 2.87. The van der Waals surface area contributed by atoms with E-state index in [2.05, 4.69) is 17.0 Å². The molecule has 29 heavy (non-hydrogen) atoms. The molecule has 2 aliphatic heterocycles. The highest BCUT2D eigenvalue weighted by molar-refractivity contribution is 5.98. The monoisotopic (exact) mass is 394 g/mol. The number of esters is 1. The fourth-order valence-corrected chi connectivity index (χ4v) is 4.16. The van der Waals surface area contributed by atoms with Crippen LogP contribution in [0.5, 0.6) is 5.75 Å². The van der Waals surface area contributed by atoms with Crippen molar-refractivity contribution in [1.82, 2.24) is 4.90 Å². The van der Waals surface area contributed by atoms with E-state index in [1.807, 2.05) is 36.4 Å². The largest absolute Gasteiger partial charge is 0.475 e. The lowest BCUT2D eigenvalue weighted by Gasteiger charge is -2.38. The van der Waals surface area contributed by atoms with E-state index in [0.29, 0.717) is 5.75 Å². The number of amides is 1. The average molecular weight is 394 g/mol. The minimum Gasteiger partial charge on any atom is -0.475 e. The Bertz CT molecular complexity index is 870. The molecule has 0 N–H and O–H groups in total. The smallest absolute Gasteiger partial charge is 0.348 e. The van der Waals surface area contributed by atoms with Crippen molar-refractivity contribution in [1.29, 1.82) is 0 Å². The van der Waals surface area contributed by atoms with Crippen LogP contribution in [0, 0.1) is 5.92 Å². The Labute approximate surface area is 171 Å². The minimum absolute atomic E-state index is 0.0485. The van der Waals surface area contributed by atoms with Gasteiger partial charge in [-0.05, 0) is 37.1 Å². The molecule has 2 aliphatic rings. The van der Waals surface area contributed by atoms with Gasteiger partial charge in [-0.3, -0.25) is 9.69 Å². The van der Waals surface area contributed by atoms with Gasteiger partial charge in [0.25, 0.3) is 0 Å². The first-order valence-electron chi connectivity index (χ1n) is 10.1. The quantitative estimate of drug-likeness (QED) is 0.747. The van der Waals surface area contributed by atoms with Crippen molar-refractivity contribution in [2.24, 2.45) is 5.92 Å². The van der Waals surface area contributed by atoms with Crippen LogP contribution in [0.15, 0.2) is 54.6 Å². The first-order chi connectivity index (χ1) is 14.2. The van der Waals surface area contributed by atoms with Crippen LogP contribution >= 0.6 is 0 Å². The Morgan fingerprint density at radius 1 is 1.07 bits per heavy atom. The summed E-state index contributed by atoms with van der Waals surface area (Å²) >= 11 is 0. The number of piperidine rings is 1. The van der Waals surface area contributed by atoms with Crippen molar-refractivity contribution in [2.75, 3.05) is 31.6 Å². The van der Waals surface area contributed by atoms with Crippen LogP contribution in [0.1, 0.15) is 18.4 Å². The van der Waals surface area contributed by atoms with E-state index in [-0.39, 0.29) is 18.4 Å². The number of para-hydroxylation sites is 2. The number of anilines is 1. The normalized spacial score (nSPS) is 21.8. The van der Waals surface area contributed by atoms with Gasteiger partial charge >= 0.3 is 5.97 Å². The first kappa shape index (κ1) is 19.5. The van der Waals surface area contributed by atoms with Crippen LogP contribution in [0.4, 0.5) is 5.69 Å². The van der Waals surface area contributed by atoms with Crippen LogP contribution in [0.25, 0.3) is 0 Å². The summed E-state index contributed by atoms with van der Waals surface area (Å²) in [6.45, 7) is 2.73. The molecular formula is C23H26N2O4. The zero-order valence-electron chi connectivity index (χ0n) is 16.6. The lowest BCUT2D eigenvalue weighted by molar-refractivity contribution is -0.148. The molecule has 0 aliphatic carbocycles. The standard InChI is InChI=1S/C23H26N2O4/c1-28-23(27)21-16-25(19-11-5-6-12-20(19)29-21)22(26)18-10-7-13-24(15-18)14-17-8-3-2-4-9-17/h2-6,8-9,11-12,18,21H,7,10,13-16H2,1H3/t18-,21-/m1/s1. The summed E-state index contributed by atoms with van der Waals surface area (Å²) in [7, 11) is 1.33. The number of carbonyl (C=O) groups is 2. The number of likely N-dealkylation sites (tertiary alicyclic amines) is 1. The molecule has 1 fully saturated rings. The maximum absolute atomic E-state index is 13.5. The lowest BCUT2D eigenvalue weighted by atomic mass is 9.95. The molecule has 1 saturated heterocycles. The third-order valence-electron chi connectivity index (χ3n) is 5.61. The van der Waals surface area contributed by atoms with E-state index in [9.17, 15) is 9.59 Å². The minimum atomic E-state index is -0.803. The Balaban J connectivity index is 1.51. The second-order valence-electron chi connectivity index (χ2n) is 7.61. The molecular weight excluding hydrogens is 368 g/mol. The second kappa shape index (κ2) is 8.66. The van der Waals surface area contributed by atoms with Crippen molar-refractivity contribution in [3.05, 3.63) is 60.2 Å². The SMILES string of the molecule is COC(=O)[C@H]1CN(C(=O)[C@@H]2CCCN(Cc3ccccc3)C2)c2ccccc2O1. The van der Waals surface area contributed by atoms with Crippen molar-refractivity contribution < 1.29 is 19.1 Å². The Morgan fingerprint density at radius 2 is 1.83 bits per heavy atom. The fourth-order valence-electron chi connectivity index (χ4n) is 4.16. The number of rotatable bonds is 4. The molecule has 0 bridgehead atoms. The van der Waals surface area contributed by atoms with Gasteiger partial charge in [0, 0.05) is 13.1 Å². The molecule has 6 heteroatoms. The number of fused-ring (bicyclic) bond motifs is 1. The zero-order valence-corrected chi connectivity index (χ0v) is 16.6. The number of ether oxygens (including phenoxy) is 2. The maximum Gasteiger partial charge on any atom is 0.348 e. The van der Waals surface area contributed by atoms with Crippen LogP contribution in [-0.4, -0.2) is 49.6 Å². The molecule has 1 amide bonds. The molecule has 0 saturated carbocycles. The number of hydrogen-bond acceptors (Lipinski definition) is 5. The highest BCUT2D eigenvalue weighted by Crippen LogP contribution is 2.35. The fraction of sp³-hybridized carbons (Fsp3) is 0.391. The van der Waals surface area contributed by atoms with Gasteiger partial charge in [-0.1, -0.05) is 42.5 Å². The summed E-state index contributed by atoms with van der Waals surface area (Å²) in [4.78, 5) is 29.6. The van der Waals surface area contributed by atoms with Crippen molar-refractivity contribution in [3.8, 4) is 5.75 Å². The highest BCUT2D eigenvalue weighted by atomic mass is 16.6. The Hall–Kier alpha value is -2.86. The number of nitrogens with zero attached hydrogens (tertiary/aromatic N) is 2. The van der Waals surface area contributed by atoms with Gasteiger partial charge in [-0.25, -0.2) is 4.79 Å². The molecule has 4 rings (SSSR count). The lowest BCUT2D eigenvalue weighted by Crippen LogP contribution is -2.51. The second-order valence-corrected chi connectivity index (χ2v) is 7.61. The molecule has 0 unspecified atom stereocenters. The van der Waals surface area contributed by atoms with Crippen molar-refractivity contribution in [2.45, 2.75) is 25.5 Å². The molecule has 0 radical (unpaired) electrons. The van der Waals surface area contributed by atoms with Crippen LogP contribution in [0.2, 0.25) is 0 Å². The summed E-state index contributed by atoms with van der Waals surface area (Å²) < 4.78 is 10.6. The summed E-state index contributed by atoms with van der Waals surface area (Å²) in [5.74, 6) is 0.0235. The summed E-state index contributed by atoms with van der Waals surface area (Å²) in [6.07, 6.45) is 1.03. The average Bonchev–Trinajstić information content (AvgIpc) is 2.78. The zero-order chi connectivity index (χ0) is 20.2. The number of hydrogen-bond donors (Lipinski definition) is 0. The van der Waals surface area contributed by atoms with Crippen molar-refractivity contribution in [3.63, 3.8) is 0 Å². The number of carbonyl (C=O) groups excluding carboxylic acids is 2. The van der Waals surface area contributed by atoms with Gasteiger partial charge in [-0.2, -0.15) is 0 Å². The topological polar surface area (TPSA) is 59.1 Å². The third kappa shape index (κ3) is 4.27. The predicted molar refractivity (Wildman–Crippen MR) is 110 cm³/mol. The molecule has 2 atom stereocenters. The van der Waals surface area contributed by atoms with Crippen LogP contribution in [-0.2, 0) is 20.9 Å². The molecule has 0 spiro atoms. The Kier molecular flexibility index (Phi) is 5.81. The highest BCUT2D eigenvalue weighted by Gasteiger charge is 2.38.